The summed E-state index contributed by atoms with van der Waals surface area (Å²) in [5.74, 6) is -0.286. The number of nitrogens with zero attached hydrogens (tertiary/aromatic N) is 2. The van der Waals surface area contributed by atoms with Gasteiger partial charge in [-0.2, -0.15) is 0 Å². The van der Waals surface area contributed by atoms with Crippen molar-refractivity contribution in [2.24, 2.45) is 16.1 Å². The van der Waals surface area contributed by atoms with Gasteiger partial charge in [-0.05, 0) is 51.0 Å². The molecule has 1 fully saturated rings. The Morgan fingerprint density at radius 3 is 2.83 bits per heavy atom. The molecule has 1 amide bonds. The average Bonchev–Trinajstić information content (AvgIpc) is 3.44. The van der Waals surface area contributed by atoms with E-state index in [-0.39, 0.29) is 17.3 Å². The summed E-state index contributed by atoms with van der Waals surface area (Å²) in [4.78, 5) is 20.7. The normalized spacial score (nSPS) is 21.9. The van der Waals surface area contributed by atoms with Gasteiger partial charge in [0.25, 0.3) is 6.02 Å². The summed E-state index contributed by atoms with van der Waals surface area (Å²) in [7, 11) is 0. The monoisotopic (exact) mass is 418 g/mol. The van der Waals surface area contributed by atoms with E-state index >= 15 is 0 Å². The molecule has 1 spiro atoms. The van der Waals surface area contributed by atoms with E-state index in [0.717, 1.165) is 12.8 Å². The summed E-state index contributed by atoms with van der Waals surface area (Å²) in [6.45, 7) is 3.96. The van der Waals surface area contributed by atoms with Crippen LogP contribution in [-0.2, 0) is 10.3 Å². The number of pyridine rings is 1. The minimum Gasteiger partial charge on any atom is -0.465 e. The van der Waals surface area contributed by atoms with Gasteiger partial charge in [0, 0.05) is 28.4 Å². The lowest BCUT2D eigenvalue weighted by molar-refractivity contribution is 0.114. The zero-order chi connectivity index (χ0) is 20.8. The van der Waals surface area contributed by atoms with Crippen LogP contribution in [0.1, 0.15) is 30.9 Å². The lowest BCUT2D eigenvalue weighted by Gasteiger charge is -2.38. The van der Waals surface area contributed by atoms with Crippen molar-refractivity contribution in [2.45, 2.75) is 32.2 Å². The smallest absolute Gasteiger partial charge is 0.418 e. The number of ether oxygens (including phenoxy) is 2. The maximum absolute atomic E-state index is 14.8. The van der Waals surface area contributed by atoms with Crippen molar-refractivity contribution in [2.75, 3.05) is 11.9 Å². The summed E-state index contributed by atoms with van der Waals surface area (Å²) in [6, 6.07) is 5.97. The first-order chi connectivity index (χ1) is 13.7. The molecule has 2 aliphatic rings. The highest BCUT2D eigenvalue weighted by Gasteiger charge is 2.61. The number of rotatable bonds is 3. The number of amidine groups is 1. The van der Waals surface area contributed by atoms with Crippen molar-refractivity contribution in [3.63, 3.8) is 0 Å². The summed E-state index contributed by atoms with van der Waals surface area (Å²) >= 11 is 5.86. The molecule has 2 aromatic rings. The first kappa shape index (κ1) is 19.4. The van der Waals surface area contributed by atoms with Crippen molar-refractivity contribution in [1.82, 2.24) is 4.98 Å². The molecular formula is C20H20ClFN4O3. The molecule has 0 bridgehead atoms. The number of hydrogen-bond donors (Lipinski definition) is 2. The van der Waals surface area contributed by atoms with Crippen LogP contribution >= 0.6 is 11.6 Å². The molecule has 1 aromatic heterocycles. The third kappa shape index (κ3) is 3.48. The molecule has 1 atom stereocenters. The van der Waals surface area contributed by atoms with Crippen LogP contribution < -0.4 is 15.8 Å². The summed E-state index contributed by atoms with van der Waals surface area (Å²) in [6.07, 6.45) is 2.36. The minimum absolute atomic E-state index is 0.0338. The highest BCUT2D eigenvalue weighted by molar-refractivity contribution is 6.30. The van der Waals surface area contributed by atoms with E-state index in [2.05, 4.69) is 15.3 Å². The quantitative estimate of drug-likeness (QED) is 0.780. The Balaban J connectivity index is 1.59. The molecule has 0 radical (unpaired) electrons. The Morgan fingerprint density at radius 1 is 1.38 bits per heavy atom. The number of carbonyl (C=O) groups is 1. The van der Waals surface area contributed by atoms with Crippen molar-refractivity contribution < 1.29 is 18.7 Å². The predicted molar refractivity (Wildman–Crippen MR) is 107 cm³/mol. The van der Waals surface area contributed by atoms with Gasteiger partial charge in [-0.15, -0.1) is 0 Å². The number of aliphatic imine (C=N–C) groups is 1. The lowest BCUT2D eigenvalue weighted by atomic mass is 9.76. The second-order valence-corrected chi connectivity index (χ2v) is 8.01. The van der Waals surface area contributed by atoms with Crippen LogP contribution in [0.4, 0.5) is 14.9 Å². The van der Waals surface area contributed by atoms with E-state index in [4.69, 9.17) is 26.8 Å². The fourth-order valence-corrected chi connectivity index (χ4v) is 3.91. The third-order valence-corrected chi connectivity index (χ3v) is 5.85. The van der Waals surface area contributed by atoms with E-state index in [1.807, 2.05) is 6.92 Å². The SMILES string of the molecule is Cc1cc(Cl)cnc1OC(=O)Nc1ccc(F)c([C@@]2(C)N=C(N)OCC23CC3)c1. The van der Waals surface area contributed by atoms with E-state index in [1.54, 1.807) is 19.1 Å². The van der Waals surface area contributed by atoms with Gasteiger partial charge in [0.15, 0.2) is 0 Å². The minimum atomic E-state index is -0.880. The van der Waals surface area contributed by atoms with Crippen LogP contribution in [0.5, 0.6) is 5.88 Å². The molecule has 152 valence electrons. The van der Waals surface area contributed by atoms with Crippen LogP contribution in [-0.4, -0.2) is 23.7 Å². The second kappa shape index (κ2) is 6.88. The number of nitrogens with two attached hydrogens (primary N) is 1. The molecule has 9 heteroatoms. The molecular weight excluding hydrogens is 399 g/mol. The first-order valence-electron chi connectivity index (χ1n) is 9.12. The molecule has 4 rings (SSSR count). The Labute approximate surface area is 172 Å². The van der Waals surface area contributed by atoms with Gasteiger partial charge in [-0.1, -0.05) is 11.6 Å². The van der Waals surface area contributed by atoms with Gasteiger partial charge in [0.1, 0.15) is 11.4 Å². The largest absolute Gasteiger partial charge is 0.465 e. The van der Waals surface area contributed by atoms with Gasteiger partial charge < -0.3 is 15.2 Å². The summed E-state index contributed by atoms with van der Waals surface area (Å²) in [5.41, 5.74) is 5.94. The molecule has 7 nitrogen and oxygen atoms in total. The number of halogens is 2. The molecule has 1 saturated carbocycles. The number of anilines is 1. The lowest BCUT2D eigenvalue weighted by Crippen LogP contribution is -2.43. The average molecular weight is 419 g/mol. The highest BCUT2D eigenvalue weighted by atomic mass is 35.5. The summed E-state index contributed by atoms with van der Waals surface area (Å²) < 4.78 is 25.4. The number of amides is 1. The van der Waals surface area contributed by atoms with Gasteiger partial charge in [0.05, 0.1) is 11.6 Å². The third-order valence-electron chi connectivity index (χ3n) is 5.64. The maximum Gasteiger partial charge on any atom is 0.418 e. The number of hydrogen-bond acceptors (Lipinski definition) is 6. The Morgan fingerprint density at radius 2 is 2.14 bits per heavy atom. The molecule has 1 aromatic carbocycles. The van der Waals surface area contributed by atoms with Crippen LogP contribution in [0.25, 0.3) is 0 Å². The van der Waals surface area contributed by atoms with Crippen LogP contribution in [0, 0.1) is 18.2 Å². The predicted octanol–water partition coefficient (Wildman–Crippen LogP) is 4.13. The zero-order valence-electron chi connectivity index (χ0n) is 16.0. The van der Waals surface area contributed by atoms with Crippen molar-refractivity contribution >= 4 is 29.4 Å². The number of nitrogens with one attached hydrogen (secondary N) is 1. The van der Waals surface area contributed by atoms with Crippen LogP contribution in [0.3, 0.4) is 0 Å². The van der Waals surface area contributed by atoms with E-state index in [0.29, 0.717) is 28.4 Å². The standard InChI is InChI=1S/C20H20ClFN4O3/c1-11-7-12(21)9-24-16(11)29-18(27)25-13-3-4-15(22)14(8-13)19(2)20(5-6-20)10-28-17(23)26-19/h3-4,7-9H,5-6,10H2,1-2H3,(H2,23,26)(H,25,27)/t19-/m1/s1. The van der Waals surface area contributed by atoms with Crippen molar-refractivity contribution in [3.05, 3.63) is 52.4 Å². The van der Waals surface area contributed by atoms with Crippen LogP contribution in [0.15, 0.2) is 35.5 Å². The topological polar surface area (TPSA) is 98.8 Å². The fraction of sp³-hybridized carbons (Fsp3) is 0.350. The fourth-order valence-electron chi connectivity index (χ4n) is 3.69. The molecule has 0 unspecified atom stereocenters. The maximum atomic E-state index is 14.8. The van der Waals surface area contributed by atoms with E-state index in [9.17, 15) is 9.18 Å². The van der Waals surface area contributed by atoms with Gasteiger partial charge in [0.2, 0.25) is 5.88 Å². The second-order valence-electron chi connectivity index (χ2n) is 7.58. The highest BCUT2D eigenvalue weighted by Crippen LogP contribution is 2.62. The molecule has 0 saturated heterocycles. The number of carbonyl (C=O) groups excluding carboxylic acids is 1. The van der Waals surface area contributed by atoms with Gasteiger partial charge >= 0.3 is 6.09 Å². The van der Waals surface area contributed by atoms with Gasteiger partial charge in [-0.25, -0.2) is 19.2 Å². The van der Waals surface area contributed by atoms with Crippen LogP contribution in [0.2, 0.25) is 5.02 Å². The molecule has 1 aliphatic carbocycles. The van der Waals surface area contributed by atoms with Gasteiger partial charge in [-0.3, -0.25) is 5.32 Å². The number of aryl methyl sites for hydroxylation is 1. The van der Waals surface area contributed by atoms with Crippen molar-refractivity contribution in [1.29, 1.82) is 0 Å². The molecule has 29 heavy (non-hydrogen) atoms. The van der Waals surface area contributed by atoms with Crippen molar-refractivity contribution in [3.8, 4) is 5.88 Å². The van der Waals surface area contributed by atoms with E-state index in [1.165, 1.54) is 18.3 Å². The van der Waals surface area contributed by atoms with E-state index < -0.39 is 17.4 Å². The summed E-state index contributed by atoms with van der Waals surface area (Å²) in [5, 5.41) is 3.05. The number of aromatic nitrogens is 1. The Bertz CT molecular complexity index is 1020. The Kier molecular flexibility index (Phi) is 4.61. The molecule has 3 N–H and O–H groups in total. The Hall–Kier alpha value is -2.87. The first-order valence-corrected chi connectivity index (χ1v) is 9.49. The number of benzene rings is 1. The molecule has 2 heterocycles. The zero-order valence-corrected chi connectivity index (χ0v) is 16.7. The molecule has 1 aliphatic heterocycles.